The van der Waals surface area contributed by atoms with Gasteiger partial charge in [-0.2, -0.15) is 0 Å². The van der Waals surface area contributed by atoms with Crippen LogP contribution in [0, 0.1) is 26.6 Å². The highest BCUT2D eigenvalue weighted by Crippen LogP contribution is 2.58. The number of hydrogen-bond acceptors (Lipinski definition) is 2. The summed E-state index contributed by atoms with van der Waals surface area (Å²) in [5.74, 6) is 3.75. The maximum atomic E-state index is 12.3. The number of nitrogens with one attached hydrogen (secondary N) is 1. The van der Waals surface area contributed by atoms with Gasteiger partial charge in [0, 0.05) is 11.4 Å². The minimum absolute atomic E-state index is 0.145. The Hall–Kier alpha value is -0.100. The number of halogens is 1. The number of thiophene rings is 1. The van der Waals surface area contributed by atoms with E-state index in [0.29, 0.717) is 6.04 Å². The molecule has 1 amide bonds. The zero-order chi connectivity index (χ0) is 13.0. The molecule has 0 radical (unpaired) electrons. The molecule has 1 N–H and O–H groups in total. The lowest BCUT2D eigenvalue weighted by Gasteiger charge is -2.32. The molecule has 5 unspecified atom stereocenters. The van der Waals surface area contributed by atoms with E-state index in [4.69, 9.17) is 0 Å². The molecule has 0 spiro atoms. The molecule has 3 aliphatic carbocycles. The maximum absolute atomic E-state index is 12.3. The summed E-state index contributed by atoms with van der Waals surface area (Å²) in [4.78, 5) is 12.3. The van der Waals surface area contributed by atoms with Gasteiger partial charge in [0.15, 0.2) is 0 Å². The maximum Gasteiger partial charge on any atom is 0.252 e. The van der Waals surface area contributed by atoms with E-state index in [0.717, 1.165) is 29.2 Å². The molecule has 102 valence electrons. The molecule has 19 heavy (non-hydrogen) atoms. The summed E-state index contributed by atoms with van der Waals surface area (Å²) in [6, 6.07) is 2.45. The van der Waals surface area contributed by atoms with Gasteiger partial charge in [-0.3, -0.25) is 4.79 Å². The number of rotatable bonds is 2. The van der Waals surface area contributed by atoms with Crippen molar-refractivity contribution in [2.75, 3.05) is 0 Å². The van der Waals surface area contributed by atoms with Gasteiger partial charge in [0.25, 0.3) is 5.91 Å². The molecular weight excluding hydrogens is 369 g/mol. The second-order valence-electron chi connectivity index (χ2n) is 6.37. The van der Waals surface area contributed by atoms with Crippen LogP contribution in [0.2, 0.25) is 0 Å². The molecular formula is C15H18INOS. The van der Waals surface area contributed by atoms with E-state index in [-0.39, 0.29) is 5.91 Å². The summed E-state index contributed by atoms with van der Waals surface area (Å²) in [6.45, 7) is 0. The van der Waals surface area contributed by atoms with Gasteiger partial charge in [0.2, 0.25) is 0 Å². The third kappa shape index (κ3) is 2.06. The minimum Gasteiger partial charge on any atom is -0.349 e. The first kappa shape index (κ1) is 12.6. The zero-order valence-corrected chi connectivity index (χ0v) is 13.7. The average molecular weight is 387 g/mol. The van der Waals surface area contributed by atoms with Gasteiger partial charge in [-0.1, -0.05) is 6.42 Å². The van der Waals surface area contributed by atoms with Crippen molar-refractivity contribution in [3.63, 3.8) is 0 Å². The average Bonchev–Trinajstić information content (AvgIpc) is 3.08. The second kappa shape index (κ2) is 4.72. The lowest BCUT2D eigenvalue weighted by atomic mass is 9.79. The summed E-state index contributed by atoms with van der Waals surface area (Å²) in [7, 11) is 0. The van der Waals surface area contributed by atoms with Crippen molar-refractivity contribution in [1.82, 2.24) is 5.32 Å². The Bertz CT molecular complexity index is 514. The van der Waals surface area contributed by atoms with E-state index in [9.17, 15) is 4.79 Å². The van der Waals surface area contributed by atoms with Gasteiger partial charge in [0.1, 0.15) is 0 Å². The van der Waals surface area contributed by atoms with Gasteiger partial charge in [-0.25, -0.2) is 0 Å². The summed E-state index contributed by atoms with van der Waals surface area (Å²) in [5, 5.41) is 5.29. The van der Waals surface area contributed by atoms with Crippen LogP contribution >= 0.6 is 33.9 Å². The highest BCUT2D eigenvalue weighted by molar-refractivity contribution is 14.1. The Morgan fingerprint density at radius 1 is 1.26 bits per heavy atom. The first-order valence-corrected chi connectivity index (χ1v) is 9.23. The number of fused-ring (bicyclic) bond motifs is 5. The van der Waals surface area contributed by atoms with Crippen LogP contribution in [-0.2, 0) is 0 Å². The molecule has 3 fully saturated rings. The standard InChI is InChI=1S/C15H18INOS/c16-14-6-9(7-19-14)15(18)17-13-5-8-4-12(13)11-3-1-2-10(8)11/h6-8,10-13H,1-5H2,(H,17,18). The Labute approximate surface area is 131 Å². The normalized spacial score (nSPS) is 39.5. The van der Waals surface area contributed by atoms with Crippen molar-refractivity contribution in [1.29, 1.82) is 0 Å². The summed E-state index contributed by atoms with van der Waals surface area (Å²) in [6.07, 6.45) is 6.90. The molecule has 0 aliphatic heterocycles. The lowest BCUT2D eigenvalue weighted by molar-refractivity contribution is 0.0901. The molecule has 4 rings (SSSR count). The van der Waals surface area contributed by atoms with Crippen molar-refractivity contribution in [2.45, 2.75) is 38.1 Å². The molecule has 4 heteroatoms. The fourth-order valence-corrected chi connectivity index (χ4v) is 6.24. The van der Waals surface area contributed by atoms with Gasteiger partial charge in [0.05, 0.1) is 8.45 Å². The van der Waals surface area contributed by atoms with Crippen molar-refractivity contribution in [3.05, 3.63) is 19.9 Å². The predicted molar refractivity (Wildman–Crippen MR) is 85.3 cm³/mol. The molecule has 1 heterocycles. The zero-order valence-electron chi connectivity index (χ0n) is 10.8. The smallest absolute Gasteiger partial charge is 0.252 e. The Kier molecular flexibility index (Phi) is 3.14. The molecule has 2 nitrogen and oxygen atoms in total. The van der Waals surface area contributed by atoms with E-state index >= 15 is 0 Å². The molecule has 2 bridgehead atoms. The van der Waals surface area contributed by atoms with Gasteiger partial charge in [-0.15, -0.1) is 11.3 Å². The third-order valence-electron chi connectivity index (χ3n) is 5.57. The lowest BCUT2D eigenvalue weighted by Crippen LogP contribution is -2.42. The van der Waals surface area contributed by atoms with Gasteiger partial charge in [-0.05, 0) is 78.0 Å². The van der Waals surface area contributed by atoms with Crippen LogP contribution in [0.25, 0.3) is 0 Å². The van der Waals surface area contributed by atoms with Gasteiger partial charge >= 0.3 is 0 Å². The first-order chi connectivity index (χ1) is 9.22. The molecule has 3 aliphatic rings. The van der Waals surface area contributed by atoms with Crippen LogP contribution in [0.5, 0.6) is 0 Å². The summed E-state index contributed by atoms with van der Waals surface area (Å²) in [5.41, 5.74) is 0.847. The van der Waals surface area contributed by atoms with Gasteiger partial charge < -0.3 is 5.32 Å². The van der Waals surface area contributed by atoms with Crippen molar-refractivity contribution in [3.8, 4) is 0 Å². The highest BCUT2D eigenvalue weighted by Gasteiger charge is 2.54. The van der Waals surface area contributed by atoms with Crippen LogP contribution in [0.1, 0.15) is 42.5 Å². The van der Waals surface area contributed by atoms with Crippen molar-refractivity contribution >= 4 is 39.8 Å². The van der Waals surface area contributed by atoms with Crippen LogP contribution in [-0.4, -0.2) is 11.9 Å². The van der Waals surface area contributed by atoms with Crippen molar-refractivity contribution in [2.24, 2.45) is 23.7 Å². The van der Waals surface area contributed by atoms with E-state index in [2.05, 4.69) is 27.9 Å². The van der Waals surface area contributed by atoms with E-state index < -0.39 is 0 Å². The SMILES string of the molecule is O=C(NC1CC2CC1C1CCCC21)c1csc(I)c1. The Morgan fingerprint density at radius 3 is 2.89 bits per heavy atom. The topological polar surface area (TPSA) is 29.1 Å². The summed E-state index contributed by atoms with van der Waals surface area (Å²) < 4.78 is 1.19. The van der Waals surface area contributed by atoms with Crippen LogP contribution in [0.15, 0.2) is 11.4 Å². The third-order valence-corrected chi connectivity index (χ3v) is 7.36. The first-order valence-electron chi connectivity index (χ1n) is 7.27. The number of amides is 1. The van der Waals surface area contributed by atoms with Crippen LogP contribution in [0.4, 0.5) is 0 Å². The number of hydrogen-bond donors (Lipinski definition) is 1. The van der Waals surface area contributed by atoms with E-state index in [1.807, 2.05) is 11.4 Å². The van der Waals surface area contributed by atoms with Crippen molar-refractivity contribution < 1.29 is 4.79 Å². The minimum atomic E-state index is 0.145. The number of carbonyl (C=O) groups is 1. The van der Waals surface area contributed by atoms with E-state index in [1.165, 1.54) is 35.0 Å². The molecule has 1 aromatic heterocycles. The fraction of sp³-hybridized carbons (Fsp3) is 0.667. The van der Waals surface area contributed by atoms with E-state index in [1.54, 1.807) is 11.3 Å². The molecule has 1 aromatic rings. The molecule has 0 aromatic carbocycles. The molecule has 3 saturated carbocycles. The second-order valence-corrected chi connectivity index (χ2v) is 9.18. The molecule has 5 atom stereocenters. The summed E-state index contributed by atoms with van der Waals surface area (Å²) >= 11 is 3.92. The largest absolute Gasteiger partial charge is 0.349 e. The number of carbonyl (C=O) groups excluding carboxylic acids is 1. The Morgan fingerprint density at radius 2 is 2.11 bits per heavy atom. The highest BCUT2D eigenvalue weighted by atomic mass is 127. The fourth-order valence-electron chi connectivity index (χ4n) is 4.91. The predicted octanol–water partition coefficient (Wildman–Crippen LogP) is 3.91. The van der Waals surface area contributed by atoms with Crippen LogP contribution < -0.4 is 5.32 Å². The monoisotopic (exact) mass is 387 g/mol. The van der Waals surface area contributed by atoms with Crippen LogP contribution in [0.3, 0.4) is 0 Å². The quantitative estimate of drug-likeness (QED) is 0.767. The Balaban J connectivity index is 1.46. The molecule has 0 saturated heterocycles.